The maximum Gasteiger partial charge on any atom is 0.0913 e. The van der Waals surface area contributed by atoms with Crippen molar-refractivity contribution in [3.8, 4) is 0 Å². The van der Waals surface area contributed by atoms with E-state index in [0.717, 1.165) is 0 Å². The molecular formula is C5H16N2Si. The van der Waals surface area contributed by atoms with Crippen molar-refractivity contribution in [1.29, 1.82) is 0 Å². The van der Waals surface area contributed by atoms with Crippen LogP contribution in [-0.2, 0) is 0 Å². The molecule has 3 heteroatoms. The Morgan fingerprint density at radius 1 is 1.38 bits per heavy atom. The minimum atomic E-state index is 0.111. The summed E-state index contributed by atoms with van der Waals surface area (Å²) in [6, 6.07) is 1.41. The average Bonchev–Trinajstić information content (AvgIpc) is 1.81. The van der Waals surface area contributed by atoms with Gasteiger partial charge in [0, 0.05) is 0 Å². The maximum atomic E-state index is 3.24. The summed E-state index contributed by atoms with van der Waals surface area (Å²) in [6.45, 7) is 1.18. The summed E-state index contributed by atoms with van der Waals surface area (Å²) >= 11 is 0. The van der Waals surface area contributed by atoms with Gasteiger partial charge < -0.3 is 10.3 Å². The molecule has 0 aliphatic carbocycles. The fraction of sp³-hybridized carbons (Fsp3) is 1.00. The van der Waals surface area contributed by atoms with Gasteiger partial charge in [-0.1, -0.05) is 0 Å². The molecule has 0 rings (SSSR count). The Kier molecular flexibility index (Phi) is 7.26. The van der Waals surface area contributed by atoms with E-state index in [0.29, 0.717) is 0 Å². The van der Waals surface area contributed by atoms with Gasteiger partial charge in [0.2, 0.25) is 0 Å². The van der Waals surface area contributed by atoms with Gasteiger partial charge in [-0.3, -0.25) is 0 Å². The third kappa shape index (κ3) is 6.14. The largest absolute Gasteiger partial charge is 0.345 e. The molecule has 0 spiro atoms. The van der Waals surface area contributed by atoms with Crippen LogP contribution in [0.1, 0.15) is 6.42 Å². The molecule has 0 aliphatic rings. The monoisotopic (exact) mass is 132 g/mol. The topological polar surface area (TPSA) is 24.1 Å². The normalized spacial score (nSPS) is 11.2. The van der Waals surface area contributed by atoms with E-state index in [9.17, 15) is 0 Å². The third-order valence-electron chi connectivity index (χ3n) is 1.10. The lowest BCUT2D eigenvalue weighted by Crippen LogP contribution is -2.15. The van der Waals surface area contributed by atoms with E-state index in [1.807, 2.05) is 14.1 Å². The SMILES string of the molecule is CNCCC[SiH2]NC. The molecule has 0 unspecified atom stereocenters. The summed E-state index contributed by atoms with van der Waals surface area (Å²) in [7, 11) is 4.16. The van der Waals surface area contributed by atoms with Crippen LogP contribution in [0.3, 0.4) is 0 Å². The summed E-state index contributed by atoms with van der Waals surface area (Å²) in [5.74, 6) is 0. The second-order valence-corrected chi connectivity index (χ2v) is 3.83. The first-order valence-electron chi connectivity index (χ1n) is 3.21. The minimum Gasteiger partial charge on any atom is -0.345 e. The molecule has 2 nitrogen and oxygen atoms in total. The van der Waals surface area contributed by atoms with Crippen molar-refractivity contribution in [3.05, 3.63) is 0 Å². The van der Waals surface area contributed by atoms with Crippen LogP contribution >= 0.6 is 0 Å². The molecule has 0 aromatic rings. The van der Waals surface area contributed by atoms with E-state index >= 15 is 0 Å². The Bertz CT molecular complexity index is 35.4. The smallest absolute Gasteiger partial charge is 0.0913 e. The van der Waals surface area contributed by atoms with Crippen molar-refractivity contribution in [2.45, 2.75) is 12.5 Å². The van der Waals surface area contributed by atoms with Gasteiger partial charge in [-0.25, -0.2) is 0 Å². The van der Waals surface area contributed by atoms with Crippen LogP contribution < -0.4 is 10.3 Å². The second kappa shape index (κ2) is 7.14. The molecule has 0 saturated carbocycles. The predicted octanol–water partition coefficient (Wildman–Crippen LogP) is -0.683. The average molecular weight is 132 g/mol. The molecule has 0 heterocycles. The summed E-state index contributed by atoms with van der Waals surface area (Å²) in [6.07, 6.45) is 1.34. The molecule has 0 atom stereocenters. The van der Waals surface area contributed by atoms with Crippen molar-refractivity contribution in [1.82, 2.24) is 10.3 Å². The predicted molar refractivity (Wildman–Crippen MR) is 41.0 cm³/mol. The van der Waals surface area contributed by atoms with Gasteiger partial charge >= 0.3 is 0 Å². The van der Waals surface area contributed by atoms with Gasteiger partial charge in [0.25, 0.3) is 0 Å². The van der Waals surface area contributed by atoms with Gasteiger partial charge in [0.05, 0.1) is 9.68 Å². The summed E-state index contributed by atoms with van der Waals surface area (Å²) in [5.41, 5.74) is 0. The van der Waals surface area contributed by atoms with E-state index in [1.165, 1.54) is 19.0 Å². The lowest BCUT2D eigenvalue weighted by molar-refractivity contribution is 0.767. The fourth-order valence-corrected chi connectivity index (χ4v) is 1.46. The molecule has 8 heavy (non-hydrogen) atoms. The molecule has 2 N–H and O–H groups in total. The summed E-state index contributed by atoms with van der Waals surface area (Å²) in [4.78, 5) is 3.24. The quantitative estimate of drug-likeness (QED) is 0.382. The zero-order valence-corrected chi connectivity index (χ0v) is 7.24. The number of nitrogens with one attached hydrogen (secondary N) is 2. The number of hydrogen-bond donors (Lipinski definition) is 2. The molecule has 0 bridgehead atoms. The zero-order chi connectivity index (χ0) is 6.24. The lowest BCUT2D eigenvalue weighted by Gasteiger charge is -1.96. The van der Waals surface area contributed by atoms with Crippen molar-refractivity contribution in [3.63, 3.8) is 0 Å². The zero-order valence-electron chi connectivity index (χ0n) is 5.83. The Balaban J connectivity index is 2.53. The Morgan fingerprint density at radius 2 is 2.12 bits per heavy atom. The van der Waals surface area contributed by atoms with Gasteiger partial charge in [-0.2, -0.15) is 0 Å². The first kappa shape index (κ1) is 8.14. The maximum absolute atomic E-state index is 3.24. The fourth-order valence-electron chi connectivity index (χ4n) is 0.604. The third-order valence-corrected chi connectivity index (χ3v) is 2.46. The van der Waals surface area contributed by atoms with Crippen LogP contribution in [0, 0.1) is 0 Å². The minimum absolute atomic E-state index is 0.111. The lowest BCUT2D eigenvalue weighted by atomic mass is 10.5. The molecule has 0 aromatic carbocycles. The van der Waals surface area contributed by atoms with Gasteiger partial charge in [0.15, 0.2) is 0 Å². The first-order chi connectivity index (χ1) is 3.91. The van der Waals surface area contributed by atoms with Gasteiger partial charge in [-0.05, 0) is 33.1 Å². The Hall–Kier alpha value is 0.137. The van der Waals surface area contributed by atoms with Crippen LogP contribution in [0.2, 0.25) is 6.04 Å². The van der Waals surface area contributed by atoms with Crippen molar-refractivity contribution < 1.29 is 0 Å². The first-order valence-corrected chi connectivity index (χ1v) is 4.91. The molecule has 0 amide bonds. The summed E-state index contributed by atoms with van der Waals surface area (Å²) < 4.78 is 0. The molecule has 0 fully saturated rings. The second-order valence-electron chi connectivity index (χ2n) is 1.91. The molecular weight excluding hydrogens is 116 g/mol. The van der Waals surface area contributed by atoms with E-state index in [-0.39, 0.29) is 9.68 Å². The van der Waals surface area contributed by atoms with E-state index in [1.54, 1.807) is 0 Å². The van der Waals surface area contributed by atoms with Crippen LogP contribution in [0.4, 0.5) is 0 Å². The van der Waals surface area contributed by atoms with E-state index in [4.69, 9.17) is 0 Å². The highest BCUT2D eigenvalue weighted by Gasteiger charge is 1.82. The molecule has 0 aromatic heterocycles. The number of hydrogen-bond acceptors (Lipinski definition) is 2. The number of rotatable bonds is 5. The summed E-state index contributed by atoms with van der Waals surface area (Å²) in [5, 5.41) is 3.12. The van der Waals surface area contributed by atoms with Gasteiger partial charge in [-0.15, -0.1) is 0 Å². The molecule has 0 radical (unpaired) electrons. The Morgan fingerprint density at radius 3 is 2.62 bits per heavy atom. The molecule has 50 valence electrons. The van der Waals surface area contributed by atoms with E-state index in [2.05, 4.69) is 10.3 Å². The molecule has 0 saturated heterocycles. The standard InChI is InChI=1S/C5H16N2Si/c1-6-4-3-5-8-7-2/h6-7H,3-5,8H2,1-2H3. The Labute approximate surface area is 54.0 Å². The molecule has 0 aliphatic heterocycles. The highest BCUT2D eigenvalue weighted by molar-refractivity contribution is 6.31. The van der Waals surface area contributed by atoms with Crippen LogP contribution in [0.25, 0.3) is 0 Å². The highest BCUT2D eigenvalue weighted by Crippen LogP contribution is 1.81. The van der Waals surface area contributed by atoms with Gasteiger partial charge in [0.1, 0.15) is 0 Å². The van der Waals surface area contributed by atoms with Crippen LogP contribution in [-0.4, -0.2) is 30.3 Å². The highest BCUT2D eigenvalue weighted by atomic mass is 28.2. The van der Waals surface area contributed by atoms with Crippen molar-refractivity contribution in [2.24, 2.45) is 0 Å². The van der Waals surface area contributed by atoms with Crippen molar-refractivity contribution in [2.75, 3.05) is 20.6 Å². The van der Waals surface area contributed by atoms with Crippen LogP contribution in [0.5, 0.6) is 0 Å². The van der Waals surface area contributed by atoms with E-state index < -0.39 is 0 Å². The van der Waals surface area contributed by atoms with Crippen molar-refractivity contribution >= 4 is 9.68 Å². The van der Waals surface area contributed by atoms with Crippen LogP contribution in [0.15, 0.2) is 0 Å².